The number of hydrogen-bond acceptors (Lipinski definition) is 6. The second-order valence-electron chi connectivity index (χ2n) is 8.55. The van der Waals surface area contributed by atoms with Gasteiger partial charge in [-0.2, -0.15) is 0 Å². The molecule has 2 aliphatic heterocycles. The van der Waals surface area contributed by atoms with E-state index in [1.165, 1.54) is 28.4 Å². The number of rotatable bonds is 6. The number of amides is 2. The predicted octanol–water partition coefficient (Wildman–Crippen LogP) is 4.62. The zero-order chi connectivity index (χ0) is 24.8. The van der Waals surface area contributed by atoms with Crippen LogP contribution in [0.25, 0.3) is 21.9 Å². The summed E-state index contributed by atoms with van der Waals surface area (Å²) in [5.74, 6) is -1.39. The number of carboxylic acids is 1. The number of fused-ring (bicyclic) bond motifs is 4. The van der Waals surface area contributed by atoms with Crippen LogP contribution in [0.15, 0.2) is 92.7 Å². The van der Waals surface area contributed by atoms with Gasteiger partial charge in [0, 0.05) is 26.3 Å². The largest absolute Gasteiger partial charge is 0.477 e. The van der Waals surface area contributed by atoms with Crippen LogP contribution in [0.4, 0.5) is 0 Å². The van der Waals surface area contributed by atoms with E-state index in [0.29, 0.717) is 10.7 Å². The number of carboxylic acid groups (broad SMARTS) is 1. The summed E-state index contributed by atoms with van der Waals surface area (Å²) in [5.41, 5.74) is 2.39. The van der Waals surface area contributed by atoms with E-state index < -0.39 is 23.3 Å². The van der Waals surface area contributed by atoms with Gasteiger partial charge in [0.05, 0.1) is 6.42 Å². The third-order valence-corrected chi connectivity index (χ3v) is 8.79. The quantitative estimate of drug-likeness (QED) is 0.361. The van der Waals surface area contributed by atoms with Crippen molar-refractivity contribution < 1.29 is 23.9 Å². The summed E-state index contributed by atoms with van der Waals surface area (Å²) in [6.07, 6.45) is 0.163. The van der Waals surface area contributed by atoms with E-state index >= 15 is 0 Å². The highest BCUT2D eigenvalue weighted by atomic mass is 32.2. The van der Waals surface area contributed by atoms with Gasteiger partial charge in [-0.05, 0) is 29.8 Å². The van der Waals surface area contributed by atoms with Crippen LogP contribution < -0.4 is 5.32 Å². The Hall–Kier alpha value is -3.69. The Labute approximate surface area is 214 Å². The fraction of sp³-hybridized carbons (Fsp3) is 0.148. The van der Waals surface area contributed by atoms with Crippen LogP contribution >= 0.6 is 23.5 Å². The number of nitrogens with one attached hydrogen (secondary N) is 1. The first-order valence-corrected chi connectivity index (χ1v) is 13.2. The van der Waals surface area contributed by atoms with E-state index in [1.807, 2.05) is 72.8 Å². The van der Waals surface area contributed by atoms with Crippen molar-refractivity contribution in [1.82, 2.24) is 10.2 Å². The number of furan rings is 1. The topological polar surface area (TPSA) is 99.9 Å². The zero-order valence-electron chi connectivity index (χ0n) is 18.8. The fourth-order valence-electron chi connectivity index (χ4n) is 4.59. The first kappa shape index (κ1) is 22.8. The van der Waals surface area contributed by atoms with E-state index in [1.54, 1.807) is 0 Å². The second-order valence-corrected chi connectivity index (χ2v) is 10.8. The lowest BCUT2D eigenvalue weighted by atomic mass is 10.0. The highest BCUT2D eigenvalue weighted by molar-refractivity contribution is 8.06. The Bertz CT molecular complexity index is 1560. The highest BCUT2D eigenvalue weighted by Gasteiger charge is 2.54. The lowest BCUT2D eigenvalue weighted by Crippen LogP contribution is -2.70. The van der Waals surface area contributed by atoms with Crippen molar-refractivity contribution in [1.29, 1.82) is 0 Å². The van der Waals surface area contributed by atoms with Gasteiger partial charge < -0.3 is 14.8 Å². The smallest absolute Gasteiger partial charge is 0.353 e. The van der Waals surface area contributed by atoms with E-state index in [9.17, 15) is 19.5 Å². The monoisotopic (exact) mass is 516 g/mol. The molecule has 2 N–H and O–H groups in total. The minimum Gasteiger partial charge on any atom is -0.477 e. The summed E-state index contributed by atoms with van der Waals surface area (Å²) < 4.78 is 5.89. The molecule has 1 aromatic heterocycles. The number of thioether (sulfide) groups is 2. The molecule has 0 radical (unpaired) electrons. The number of aliphatic carboxylic acids is 1. The standard InChI is InChI=1S/C27H20N2O5S2/c30-22(12-15-6-2-1-3-7-15)28-23-25(31)29-24(27(32)33)21(14-35-26(23)29)36-16-10-11-20-18(13-16)17-8-4-5-9-19(17)34-20/h1-11,13,23,26H,12,14H2,(H,28,30)(H,32,33)/t23-,26-/m1/s1. The Morgan fingerprint density at radius 1 is 1.03 bits per heavy atom. The van der Waals surface area contributed by atoms with Crippen molar-refractivity contribution in [3.05, 3.63) is 89.0 Å². The van der Waals surface area contributed by atoms with Gasteiger partial charge in [0.2, 0.25) is 5.91 Å². The molecule has 0 unspecified atom stereocenters. The van der Waals surface area contributed by atoms with Crippen molar-refractivity contribution >= 4 is 63.2 Å². The van der Waals surface area contributed by atoms with Gasteiger partial charge in [0.1, 0.15) is 28.3 Å². The van der Waals surface area contributed by atoms with Crippen molar-refractivity contribution in [2.45, 2.75) is 22.7 Å². The number of benzene rings is 3. The molecule has 1 fully saturated rings. The van der Waals surface area contributed by atoms with Crippen LogP contribution in [0.1, 0.15) is 5.56 Å². The van der Waals surface area contributed by atoms with E-state index in [0.717, 1.165) is 32.4 Å². The summed E-state index contributed by atoms with van der Waals surface area (Å²) in [7, 11) is 0. The first-order valence-electron chi connectivity index (χ1n) is 11.3. The number of β-lactam (4-membered cyclic amide) rings is 1. The maximum atomic E-state index is 13.0. The van der Waals surface area contributed by atoms with Gasteiger partial charge in [-0.25, -0.2) is 4.79 Å². The molecule has 7 nitrogen and oxygen atoms in total. The molecular weight excluding hydrogens is 496 g/mol. The summed E-state index contributed by atoms with van der Waals surface area (Å²) in [6.45, 7) is 0. The van der Waals surface area contributed by atoms with Crippen LogP contribution in [0.3, 0.4) is 0 Å². The summed E-state index contributed by atoms with van der Waals surface area (Å²) in [4.78, 5) is 40.5. The second kappa shape index (κ2) is 9.07. The number of carbonyl (C=O) groups is 3. The SMILES string of the molecule is O=C(Cc1ccccc1)N[C@@H]1C(=O)N2C(C(=O)O)=C(Sc3ccc4oc5ccccc5c4c3)CS[C@H]12. The Kier molecular flexibility index (Phi) is 5.73. The van der Waals surface area contributed by atoms with Crippen molar-refractivity contribution in [2.24, 2.45) is 0 Å². The molecule has 180 valence electrons. The Balaban J connectivity index is 1.23. The molecule has 3 aromatic carbocycles. The minimum atomic E-state index is -1.15. The molecule has 3 heterocycles. The summed E-state index contributed by atoms with van der Waals surface area (Å²) in [5, 5.41) is 14.3. The average Bonchev–Trinajstić information content (AvgIpc) is 3.25. The van der Waals surface area contributed by atoms with Crippen molar-refractivity contribution in [2.75, 3.05) is 5.75 Å². The van der Waals surface area contributed by atoms with E-state index in [-0.39, 0.29) is 18.0 Å². The van der Waals surface area contributed by atoms with Crippen molar-refractivity contribution in [3.63, 3.8) is 0 Å². The number of nitrogens with zero attached hydrogens (tertiary/aromatic N) is 1. The lowest BCUT2D eigenvalue weighted by Gasteiger charge is -2.49. The van der Waals surface area contributed by atoms with Crippen LogP contribution in [-0.2, 0) is 20.8 Å². The zero-order valence-corrected chi connectivity index (χ0v) is 20.5. The number of carbonyl (C=O) groups excluding carboxylic acids is 2. The molecule has 0 saturated carbocycles. The molecule has 2 atom stereocenters. The van der Waals surface area contributed by atoms with Gasteiger partial charge in [-0.3, -0.25) is 14.5 Å². The van der Waals surface area contributed by atoms with Gasteiger partial charge in [0.25, 0.3) is 5.91 Å². The predicted molar refractivity (Wildman–Crippen MR) is 139 cm³/mol. The molecule has 0 spiro atoms. The maximum Gasteiger partial charge on any atom is 0.353 e. The maximum absolute atomic E-state index is 13.0. The molecular formula is C27H20N2O5S2. The summed E-state index contributed by atoms with van der Waals surface area (Å²) in [6, 6.07) is 22.1. The molecule has 6 rings (SSSR count). The molecule has 2 aliphatic rings. The third kappa shape index (κ3) is 3.94. The normalized spacial score (nSPS) is 19.3. The highest BCUT2D eigenvalue weighted by Crippen LogP contribution is 2.45. The fourth-order valence-corrected chi connectivity index (χ4v) is 7.10. The van der Waals surface area contributed by atoms with Gasteiger partial charge in [0.15, 0.2) is 0 Å². The average molecular weight is 517 g/mol. The van der Waals surface area contributed by atoms with Gasteiger partial charge >= 0.3 is 5.97 Å². The van der Waals surface area contributed by atoms with Gasteiger partial charge in [-0.1, -0.05) is 60.3 Å². The Morgan fingerprint density at radius 3 is 2.58 bits per heavy atom. The lowest BCUT2D eigenvalue weighted by molar-refractivity contribution is -0.150. The van der Waals surface area contributed by atoms with Crippen molar-refractivity contribution in [3.8, 4) is 0 Å². The molecule has 9 heteroatoms. The molecule has 0 aliphatic carbocycles. The first-order chi connectivity index (χ1) is 17.5. The molecule has 0 bridgehead atoms. The van der Waals surface area contributed by atoms with Gasteiger partial charge in [-0.15, -0.1) is 11.8 Å². The Morgan fingerprint density at radius 2 is 1.78 bits per heavy atom. The van der Waals surface area contributed by atoms with E-state index in [4.69, 9.17) is 4.42 Å². The molecule has 2 amide bonds. The van der Waals surface area contributed by atoms with Crippen LogP contribution in [0.2, 0.25) is 0 Å². The van der Waals surface area contributed by atoms with Crippen LogP contribution in [-0.4, -0.2) is 45.0 Å². The van der Waals surface area contributed by atoms with Crippen LogP contribution in [0, 0.1) is 0 Å². The minimum absolute atomic E-state index is 0.0144. The van der Waals surface area contributed by atoms with Crippen LogP contribution in [0.5, 0.6) is 0 Å². The molecule has 1 saturated heterocycles. The molecule has 36 heavy (non-hydrogen) atoms. The number of hydrogen-bond donors (Lipinski definition) is 2. The number of para-hydroxylation sites is 1. The molecule has 4 aromatic rings. The third-order valence-electron chi connectivity index (χ3n) is 6.25. The summed E-state index contributed by atoms with van der Waals surface area (Å²) >= 11 is 2.80. The van der Waals surface area contributed by atoms with E-state index in [2.05, 4.69) is 5.32 Å².